The van der Waals surface area contributed by atoms with Crippen LogP contribution in [0.15, 0.2) is 85.5 Å². The molecule has 1 amide bonds. The van der Waals surface area contributed by atoms with Gasteiger partial charge in [0, 0.05) is 24.1 Å². The Morgan fingerprint density at radius 3 is 2.32 bits per heavy atom. The van der Waals surface area contributed by atoms with E-state index in [0.717, 1.165) is 11.3 Å². The quantitative estimate of drug-likeness (QED) is 0.443. The molecule has 142 valence electrons. The summed E-state index contributed by atoms with van der Waals surface area (Å²) in [6.07, 6.45) is 0.404. The first-order valence-electron chi connectivity index (χ1n) is 8.82. The number of phenols is 1. The summed E-state index contributed by atoms with van der Waals surface area (Å²) in [5, 5.41) is 23.5. The predicted molar refractivity (Wildman–Crippen MR) is 112 cm³/mol. The summed E-state index contributed by atoms with van der Waals surface area (Å²) in [6.45, 7) is 3.53. The van der Waals surface area contributed by atoms with Crippen LogP contribution in [0, 0.1) is 0 Å². The van der Waals surface area contributed by atoms with Gasteiger partial charge in [-0.1, -0.05) is 36.9 Å². The van der Waals surface area contributed by atoms with E-state index in [2.05, 4.69) is 11.9 Å². The number of nitrogens with one attached hydrogen (secondary N) is 1. The molecule has 0 saturated heterocycles. The summed E-state index contributed by atoms with van der Waals surface area (Å²) < 4.78 is 0. The molecule has 0 bridgehead atoms. The first-order valence-corrected chi connectivity index (χ1v) is 8.82. The van der Waals surface area contributed by atoms with Crippen LogP contribution >= 0.6 is 0 Å². The van der Waals surface area contributed by atoms with Gasteiger partial charge in [0.25, 0.3) is 0 Å². The number of hydrogen-bond acceptors (Lipinski definition) is 4. The van der Waals surface area contributed by atoms with Crippen molar-refractivity contribution in [2.45, 2.75) is 6.10 Å². The molecule has 3 aromatic carbocycles. The number of nitrogens with zero attached hydrogens (tertiary/aromatic N) is 1. The molecule has 28 heavy (non-hydrogen) atoms. The summed E-state index contributed by atoms with van der Waals surface area (Å²) in [4.78, 5) is 13.5. The van der Waals surface area contributed by atoms with Crippen LogP contribution in [-0.2, 0) is 4.79 Å². The highest BCUT2D eigenvalue weighted by Gasteiger charge is 2.16. The zero-order chi connectivity index (χ0) is 20.1. The number of benzene rings is 3. The van der Waals surface area contributed by atoms with E-state index in [9.17, 15) is 15.0 Å². The number of aliphatic hydroxyl groups excluding tert-OH is 1. The maximum atomic E-state index is 12.1. The normalized spacial score (nSPS) is 11.5. The minimum absolute atomic E-state index is 0.177. The highest BCUT2D eigenvalue weighted by atomic mass is 16.3. The Labute approximate surface area is 164 Å². The SMILES string of the molecule is C=CC(=O)N(C)c1cc(Nc2ccc(O)cc2)cc(C(O)c2ccccc2)c1. The number of hydrogen-bond donors (Lipinski definition) is 3. The van der Waals surface area contributed by atoms with Gasteiger partial charge in [-0.25, -0.2) is 0 Å². The van der Waals surface area contributed by atoms with Crippen molar-refractivity contribution < 1.29 is 15.0 Å². The Morgan fingerprint density at radius 2 is 1.68 bits per heavy atom. The number of likely N-dealkylation sites (N-methyl/N-ethyl adjacent to an activating group) is 1. The minimum atomic E-state index is -0.839. The van der Waals surface area contributed by atoms with Crippen molar-refractivity contribution >= 4 is 23.0 Å². The molecule has 0 saturated carbocycles. The molecule has 5 nitrogen and oxygen atoms in total. The summed E-state index contributed by atoms with van der Waals surface area (Å²) >= 11 is 0. The lowest BCUT2D eigenvalue weighted by atomic mass is 10.00. The number of amides is 1. The smallest absolute Gasteiger partial charge is 0.250 e. The van der Waals surface area contributed by atoms with Gasteiger partial charge < -0.3 is 20.4 Å². The van der Waals surface area contributed by atoms with Crippen LogP contribution in [0.4, 0.5) is 17.1 Å². The maximum Gasteiger partial charge on any atom is 0.250 e. The Kier molecular flexibility index (Phi) is 5.77. The van der Waals surface area contributed by atoms with E-state index in [4.69, 9.17) is 0 Å². The highest BCUT2D eigenvalue weighted by molar-refractivity contribution is 6.01. The van der Waals surface area contributed by atoms with Crippen LogP contribution in [0.1, 0.15) is 17.2 Å². The summed E-state index contributed by atoms with van der Waals surface area (Å²) in [5.74, 6) is -0.0715. The third-order valence-corrected chi connectivity index (χ3v) is 4.42. The Hall–Kier alpha value is -3.57. The van der Waals surface area contributed by atoms with Gasteiger partial charge in [-0.3, -0.25) is 4.79 Å². The second kappa shape index (κ2) is 8.41. The number of carbonyl (C=O) groups excluding carboxylic acids is 1. The fraction of sp³-hybridized carbons (Fsp3) is 0.0870. The van der Waals surface area contributed by atoms with Gasteiger partial charge in [0.15, 0.2) is 0 Å². The maximum absolute atomic E-state index is 12.1. The minimum Gasteiger partial charge on any atom is -0.508 e. The van der Waals surface area contributed by atoms with Crippen LogP contribution in [0.3, 0.4) is 0 Å². The van der Waals surface area contributed by atoms with Gasteiger partial charge in [-0.05, 0) is 59.7 Å². The van der Waals surface area contributed by atoms with E-state index in [1.54, 1.807) is 37.4 Å². The van der Waals surface area contributed by atoms with Crippen molar-refractivity contribution in [3.05, 3.63) is 96.6 Å². The molecule has 0 radical (unpaired) electrons. The molecule has 3 aromatic rings. The van der Waals surface area contributed by atoms with Crippen LogP contribution in [0.5, 0.6) is 5.75 Å². The number of anilines is 3. The molecule has 1 unspecified atom stereocenters. The molecule has 5 heteroatoms. The molecule has 0 fully saturated rings. The average molecular weight is 374 g/mol. The van der Waals surface area contributed by atoms with E-state index >= 15 is 0 Å². The van der Waals surface area contributed by atoms with Gasteiger partial charge in [0.1, 0.15) is 11.9 Å². The second-order valence-corrected chi connectivity index (χ2v) is 6.40. The van der Waals surface area contributed by atoms with Crippen LogP contribution < -0.4 is 10.2 Å². The lowest BCUT2D eigenvalue weighted by Crippen LogP contribution is -2.24. The number of aliphatic hydroxyl groups is 1. The van der Waals surface area contributed by atoms with E-state index in [0.29, 0.717) is 16.9 Å². The molecule has 1 atom stereocenters. The first-order chi connectivity index (χ1) is 13.5. The molecule has 0 spiro atoms. The van der Waals surface area contributed by atoms with Gasteiger partial charge in [-0.2, -0.15) is 0 Å². The Balaban J connectivity index is 2.01. The lowest BCUT2D eigenvalue weighted by molar-refractivity contribution is -0.113. The molecular weight excluding hydrogens is 352 g/mol. The number of carbonyl (C=O) groups is 1. The third kappa shape index (κ3) is 4.39. The fourth-order valence-electron chi connectivity index (χ4n) is 2.86. The fourth-order valence-corrected chi connectivity index (χ4v) is 2.86. The molecular formula is C23H22N2O3. The molecule has 0 heterocycles. The van der Waals surface area contributed by atoms with Crippen molar-refractivity contribution in [2.24, 2.45) is 0 Å². The Bertz CT molecular complexity index is 969. The zero-order valence-corrected chi connectivity index (χ0v) is 15.5. The second-order valence-electron chi connectivity index (χ2n) is 6.40. The number of aromatic hydroxyl groups is 1. The van der Waals surface area contributed by atoms with Crippen molar-refractivity contribution in [3.8, 4) is 5.75 Å². The lowest BCUT2D eigenvalue weighted by Gasteiger charge is -2.21. The van der Waals surface area contributed by atoms with E-state index in [1.165, 1.54) is 11.0 Å². The molecule has 3 N–H and O–H groups in total. The van der Waals surface area contributed by atoms with Gasteiger partial charge in [0.2, 0.25) is 5.91 Å². The van der Waals surface area contributed by atoms with E-state index in [1.807, 2.05) is 42.5 Å². The summed E-state index contributed by atoms with van der Waals surface area (Å²) in [7, 11) is 1.66. The summed E-state index contributed by atoms with van der Waals surface area (Å²) in [5.41, 5.74) is 3.50. The Morgan fingerprint density at radius 1 is 1.00 bits per heavy atom. The molecule has 0 aliphatic carbocycles. The van der Waals surface area contributed by atoms with Crippen molar-refractivity contribution in [2.75, 3.05) is 17.3 Å². The highest BCUT2D eigenvalue weighted by Crippen LogP contribution is 2.31. The predicted octanol–water partition coefficient (Wildman–Crippen LogP) is 4.37. The molecule has 0 aliphatic heterocycles. The molecule has 0 aromatic heterocycles. The molecule has 0 aliphatic rings. The van der Waals surface area contributed by atoms with E-state index < -0.39 is 6.10 Å². The van der Waals surface area contributed by atoms with Gasteiger partial charge in [-0.15, -0.1) is 0 Å². The number of phenolic OH excluding ortho intramolecular Hbond substituents is 1. The first kappa shape index (κ1) is 19.2. The van der Waals surface area contributed by atoms with Crippen LogP contribution in [-0.4, -0.2) is 23.2 Å². The van der Waals surface area contributed by atoms with Crippen molar-refractivity contribution in [1.82, 2.24) is 0 Å². The van der Waals surface area contributed by atoms with Gasteiger partial charge in [0.05, 0.1) is 0 Å². The number of rotatable bonds is 6. The average Bonchev–Trinajstić information content (AvgIpc) is 2.74. The third-order valence-electron chi connectivity index (χ3n) is 4.42. The largest absolute Gasteiger partial charge is 0.508 e. The standard InChI is InChI=1S/C23H22N2O3/c1-3-22(27)25(2)20-14-17(23(28)16-7-5-4-6-8-16)13-19(15-20)24-18-9-11-21(26)12-10-18/h3-15,23-24,26,28H,1H2,2H3. The van der Waals surface area contributed by atoms with Crippen molar-refractivity contribution in [3.63, 3.8) is 0 Å². The molecule has 3 rings (SSSR count). The van der Waals surface area contributed by atoms with Crippen LogP contribution in [0.25, 0.3) is 0 Å². The van der Waals surface area contributed by atoms with Crippen molar-refractivity contribution in [1.29, 1.82) is 0 Å². The van der Waals surface area contributed by atoms with Crippen LogP contribution in [0.2, 0.25) is 0 Å². The zero-order valence-electron chi connectivity index (χ0n) is 15.5. The summed E-state index contributed by atoms with van der Waals surface area (Å²) in [6, 6.07) is 21.4. The van der Waals surface area contributed by atoms with Gasteiger partial charge >= 0.3 is 0 Å². The topological polar surface area (TPSA) is 72.8 Å². The van der Waals surface area contributed by atoms with E-state index in [-0.39, 0.29) is 11.7 Å². The monoisotopic (exact) mass is 374 g/mol.